The molecule has 3 aromatic carbocycles. The van der Waals surface area contributed by atoms with Crippen molar-refractivity contribution >= 4 is 21.6 Å². The third kappa shape index (κ3) is 5.31. The first-order chi connectivity index (χ1) is 14.8. The third-order valence-electron chi connectivity index (χ3n) is 4.96. The van der Waals surface area contributed by atoms with Gasteiger partial charge < -0.3 is 10.1 Å². The predicted octanol–water partition coefficient (Wildman–Crippen LogP) is 4.33. The van der Waals surface area contributed by atoms with Crippen LogP contribution in [-0.4, -0.2) is 32.8 Å². The second kappa shape index (κ2) is 9.76. The molecule has 0 atom stereocenters. The summed E-state index contributed by atoms with van der Waals surface area (Å²) in [7, 11) is -0.982. The number of nitrogens with one attached hydrogen (secondary N) is 1. The Morgan fingerprint density at radius 1 is 0.968 bits per heavy atom. The van der Waals surface area contributed by atoms with Gasteiger partial charge in [0.1, 0.15) is 10.6 Å². The number of hydrogen-bond acceptors (Lipinski definition) is 4. The Hall–Kier alpha value is -3.16. The van der Waals surface area contributed by atoms with Crippen molar-refractivity contribution in [3.63, 3.8) is 0 Å². The smallest absolute Gasteiger partial charge is 0.255 e. The molecule has 1 amide bonds. The van der Waals surface area contributed by atoms with Crippen LogP contribution in [-0.2, 0) is 23.0 Å². The Balaban J connectivity index is 1.89. The highest BCUT2D eigenvalue weighted by Gasteiger charge is 2.26. The number of anilines is 1. The molecule has 0 unspecified atom stereocenters. The lowest BCUT2D eigenvalue weighted by atomic mass is 10.1. The van der Waals surface area contributed by atoms with Gasteiger partial charge in [0.25, 0.3) is 5.91 Å². The molecule has 0 aliphatic heterocycles. The summed E-state index contributed by atoms with van der Waals surface area (Å²) in [6, 6.07) is 21.3. The number of rotatable bonds is 8. The van der Waals surface area contributed by atoms with Crippen LogP contribution in [0.3, 0.4) is 0 Å². The summed E-state index contributed by atoms with van der Waals surface area (Å²) in [4.78, 5) is 12.7. The number of hydrogen-bond donors (Lipinski definition) is 1. The van der Waals surface area contributed by atoms with Gasteiger partial charge in [-0.05, 0) is 47.9 Å². The molecule has 3 aromatic rings. The standard InChI is InChI=1S/C24H26N2O4S/c1-4-18-11-8-12-21(15-18)25-24(27)20-13-14-22(30-3)23(16-20)31(28,29)26(2)17-19-9-6-5-7-10-19/h5-16H,4,17H2,1-3H3,(H,25,27). The van der Waals surface area contributed by atoms with Crippen LogP contribution >= 0.6 is 0 Å². The molecule has 0 fully saturated rings. The SMILES string of the molecule is CCc1cccc(NC(=O)c2ccc(OC)c(S(=O)(=O)N(C)Cc3ccccc3)c2)c1. The Morgan fingerprint density at radius 2 is 1.68 bits per heavy atom. The van der Waals surface area contributed by atoms with Gasteiger partial charge in [-0.25, -0.2) is 8.42 Å². The van der Waals surface area contributed by atoms with Crippen LogP contribution in [0.2, 0.25) is 0 Å². The van der Waals surface area contributed by atoms with Crippen LogP contribution in [0.15, 0.2) is 77.7 Å². The zero-order valence-corrected chi connectivity index (χ0v) is 18.6. The first-order valence-corrected chi connectivity index (χ1v) is 11.4. The molecule has 0 aliphatic carbocycles. The van der Waals surface area contributed by atoms with E-state index in [1.165, 1.54) is 30.6 Å². The summed E-state index contributed by atoms with van der Waals surface area (Å²) in [6.45, 7) is 2.24. The van der Waals surface area contributed by atoms with Gasteiger partial charge in [-0.3, -0.25) is 4.79 Å². The lowest BCUT2D eigenvalue weighted by Crippen LogP contribution is -2.27. The van der Waals surface area contributed by atoms with Crippen molar-refractivity contribution in [1.29, 1.82) is 0 Å². The largest absolute Gasteiger partial charge is 0.495 e. The highest BCUT2D eigenvalue weighted by atomic mass is 32.2. The van der Waals surface area contributed by atoms with Crippen molar-refractivity contribution in [2.75, 3.05) is 19.5 Å². The highest BCUT2D eigenvalue weighted by Crippen LogP contribution is 2.28. The fraction of sp³-hybridized carbons (Fsp3) is 0.208. The number of carbonyl (C=O) groups is 1. The molecule has 162 valence electrons. The highest BCUT2D eigenvalue weighted by molar-refractivity contribution is 7.89. The van der Waals surface area contributed by atoms with Gasteiger partial charge in [0.2, 0.25) is 10.0 Å². The van der Waals surface area contributed by atoms with Gasteiger partial charge in [0.05, 0.1) is 7.11 Å². The summed E-state index contributed by atoms with van der Waals surface area (Å²) in [5, 5.41) is 2.83. The normalized spacial score (nSPS) is 11.4. The van der Waals surface area contributed by atoms with Gasteiger partial charge in [-0.15, -0.1) is 0 Å². The van der Waals surface area contributed by atoms with Gasteiger partial charge in [0, 0.05) is 24.8 Å². The van der Waals surface area contributed by atoms with Crippen LogP contribution in [0.1, 0.15) is 28.4 Å². The lowest BCUT2D eigenvalue weighted by molar-refractivity contribution is 0.102. The van der Waals surface area contributed by atoms with Crippen molar-refractivity contribution < 1.29 is 17.9 Å². The lowest BCUT2D eigenvalue weighted by Gasteiger charge is -2.19. The minimum absolute atomic E-state index is 0.0524. The quantitative estimate of drug-likeness (QED) is 0.568. The molecule has 0 aliphatic rings. The number of aryl methyl sites for hydroxylation is 1. The van der Waals surface area contributed by atoms with Gasteiger partial charge in [-0.1, -0.05) is 49.4 Å². The van der Waals surface area contributed by atoms with Crippen LogP contribution in [0.25, 0.3) is 0 Å². The molecule has 31 heavy (non-hydrogen) atoms. The average Bonchev–Trinajstić information content (AvgIpc) is 2.79. The number of amides is 1. The molecule has 0 bridgehead atoms. The predicted molar refractivity (Wildman–Crippen MR) is 122 cm³/mol. The van der Waals surface area contributed by atoms with E-state index in [-0.39, 0.29) is 22.8 Å². The number of sulfonamides is 1. The van der Waals surface area contributed by atoms with Crippen molar-refractivity contribution in [1.82, 2.24) is 4.31 Å². The molecule has 0 radical (unpaired) electrons. The summed E-state index contributed by atoms with van der Waals surface area (Å²) < 4.78 is 33.0. The number of nitrogens with zero attached hydrogens (tertiary/aromatic N) is 1. The molecule has 0 aromatic heterocycles. The Morgan fingerprint density at radius 3 is 2.35 bits per heavy atom. The van der Waals surface area contributed by atoms with E-state index in [2.05, 4.69) is 5.32 Å². The van der Waals surface area contributed by atoms with Crippen LogP contribution < -0.4 is 10.1 Å². The first kappa shape index (κ1) is 22.5. The molecule has 0 heterocycles. The fourth-order valence-electron chi connectivity index (χ4n) is 3.19. The fourth-order valence-corrected chi connectivity index (χ4v) is 4.52. The van der Waals surface area contributed by atoms with E-state index in [0.29, 0.717) is 5.69 Å². The summed E-state index contributed by atoms with van der Waals surface area (Å²) in [5.41, 5.74) is 2.84. The second-order valence-corrected chi connectivity index (χ2v) is 9.13. The Labute approximate surface area is 183 Å². The number of methoxy groups -OCH3 is 1. The van der Waals surface area contributed by atoms with Gasteiger partial charge in [0.15, 0.2) is 0 Å². The van der Waals surface area contributed by atoms with E-state index < -0.39 is 15.9 Å². The Bertz CT molecular complexity index is 1160. The summed E-state index contributed by atoms with van der Waals surface area (Å²) in [5.74, 6) is -0.206. The zero-order chi connectivity index (χ0) is 22.4. The maximum Gasteiger partial charge on any atom is 0.255 e. The molecule has 0 saturated carbocycles. The summed E-state index contributed by atoms with van der Waals surface area (Å²) in [6.07, 6.45) is 0.850. The average molecular weight is 439 g/mol. The van der Waals surface area contributed by atoms with Crippen LogP contribution in [0, 0.1) is 0 Å². The van der Waals surface area contributed by atoms with Crippen molar-refractivity contribution in [2.24, 2.45) is 0 Å². The van der Waals surface area contributed by atoms with Gasteiger partial charge in [-0.2, -0.15) is 4.31 Å². The monoisotopic (exact) mass is 438 g/mol. The maximum atomic E-state index is 13.2. The molecular formula is C24H26N2O4S. The second-order valence-electron chi connectivity index (χ2n) is 7.12. The van der Waals surface area contributed by atoms with Crippen LogP contribution in [0.4, 0.5) is 5.69 Å². The molecular weight excluding hydrogens is 412 g/mol. The van der Waals surface area contributed by atoms with E-state index in [4.69, 9.17) is 4.74 Å². The Kier molecular flexibility index (Phi) is 7.09. The molecule has 0 saturated heterocycles. The minimum atomic E-state index is -3.89. The van der Waals surface area contributed by atoms with Crippen LogP contribution in [0.5, 0.6) is 5.75 Å². The van der Waals surface area contributed by atoms with E-state index in [1.54, 1.807) is 12.1 Å². The summed E-state index contributed by atoms with van der Waals surface area (Å²) >= 11 is 0. The third-order valence-corrected chi connectivity index (χ3v) is 6.78. The molecule has 0 spiro atoms. The molecule has 1 N–H and O–H groups in total. The molecule has 6 nitrogen and oxygen atoms in total. The van der Waals surface area contributed by atoms with Crippen molar-refractivity contribution in [3.05, 3.63) is 89.5 Å². The van der Waals surface area contributed by atoms with E-state index in [1.807, 2.05) is 55.5 Å². The molecule has 3 rings (SSSR count). The maximum absolute atomic E-state index is 13.2. The zero-order valence-electron chi connectivity index (χ0n) is 17.8. The number of benzene rings is 3. The topological polar surface area (TPSA) is 75.7 Å². The van der Waals surface area contributed by atoms with E-state index in [9.17, 15) is 13.2 Å². The molecule has 7 heteroatoms. The number of carbonyl (C=O) groups excluding carboxylic acids is 1. The van der Waals surface area contributed by atoms with Crippen molar-refractivity contribution in [2.45, 2.75) is 24.8 Å². The number of ether oxygens (including phenoxy) is 1. The first-order valence-electron chi connectivity index (χ1n) is 9.93. The van der Waals surface area contributed by atoms with E-state index >= 15 is 0 Å². The van der Waals surface area contributed by atoms with Crippen molar-refractivity contribution in [3.8, 4) is 5.75 Å². The van der Waals surface area contributed by atoms with Gasteiger partial charge >= 0.3 is 0 Å². The minimum Gasteiger partial charge on any atom is -0.495 e. The van der Waals surface area contributed by atoms with E-state index in [0.717, 1.165) is 17.5 Å².